The molecule has 40 heavy (non-hydrogen) atoms. The lowest BCUT2D eigenvalue weighted by Gasteiger charge is -2.32. The molecule has 7 heteroatoms. The molecule has 0 aliphatic heterocycles. The lowest BCUT2D eigenvalue weighted by atomic mass is 10.0. The Kier molecular flexibility index (Phi) is 11.7. The van der Waals surface area contributed by atoms with E-state index in [1.54, 1.807) is 38.1 Å². The molecule has 2 aromatic heterocycles. The molecule has 7 nitrogen and oxygen atoms in total. The van der Waals surface area contributed by atoms with Crippen molar-refractivity contribution in [2.75, 3.05) is 6.61 Å². The third-order valence-corrected chi connectivity index (χ3v) is 6.43. The van der Waals surface area contributed by atoms with E-state index in [2.05, 4.69) is 37.2 Å². The fourth-order valence-corrected chi connectivity index (χ4v) is 4.03. The predicted octanol–water partition coefficient (Wildman–Crippen LogP) is 5.91. The van der Waals surface area contributed by atoms with E-state index in [1.165, 1.54) is 44.1 Å². The van der Waals surface area contributed by atoms with Crippen molar-refractivity contribution in [3.8, 4) is 29.4 Å². The summed E-state index contributed by atoms with van der Waals surface area (Å²) < 4.78 is 22.8. The van der Waals surface area contributed by atoms with Gasteiger partial charge in [-0.05, 0) is 56.7 Å². The number of benzene rings is 1. The lowest BCUT2D eigenvalue weighted by molar-refractivity contribution is -0.118. The van der Waals surface area contributed by atoms with Gasteiger partial charge in [0, 0.05) is 12.1 Å². The van der Waals surface area contributed by atoms with Crippen LogP contribution in [0.3, 0.4) is 0 Å². The standard InChI is InChI=1S/C33H38O7/c1-5-7-8-9-10-11-12-15-24(34)16-13-14-17-25(6-2)40-33(3,4)30(35)23-38-32-26-18-19-31(36)39-29(26)22-28-27(32)20-21-37-28/h6,12,15,18-22,24-25,30,34-35H,2,5,7-11,23H2,1,3-4H3/b15-12-/t24-,25-,30+/m0/s1. The van der Waals surface area contributed by atoms with Gasteiger partial charge in [-0.15, -0.1) is 0 Å². The van der Waals surface area contributed by atoms with Gasteiger partial charge in [-0.3, -0.25) is 0 Å². The summed E-state index contributed by atoms with van der Waals surface area (Å²) in [6.45, 7) is 9.28. The Morgan fingerprint density at radius 2 is 1.80 bits per heavy atom. The van der Waals surface area contributed by atoms with E-state index >= 15 is 0 Å². The number of fused-ring (bicyclic) bond motifs is 2. The molecule has 0 bridgehead atoms. The minimum Gasteiger partial charge on any atom is -0.489 e. The molecule has 0 aliphatic carbocycles. The molecule has 212 valence electrons. The van der Waals surface area contributed by atoms with Crippen LogP contribution in [0.2, 0.25) is 0 Å². The van der Waals surface area contributed by atoms with Crippen LogP contribution in [0.4, 0.5) is 0 Å². The normalized spacial score (nSPS) is 13.8. The second kappa shape index (κ2) is 15.1. The van der Waals surface area contributed by atoms with E-state index in [4.69, 9.17) is 18.3 Å². The maximum absolute atomic E-state index is 11.7. The van der Waals surface area contributed by atoms with Crippen molar-refractivity contribution in [2.45, 2.75) is 83.2 Å². The fourth-order valence-electron chi connectivity index (χ4n) is 4.03. The minimum atomic E-state index is -1.06. The Hall–Kier alpha value is -3.75. The topological polar surface area (TPSA) is 102 Å². The van der Waals surface area contributed by atoms with Crippen LogP contribution < -0.4 is 10.4 Å². The summed E-state index contributed by atoms with van der Waals surface area (Å²) in [6, 6.07) is 6.30. The summed E-state index contributed by atoms with van der Waals surface area (Å²) in [5.41, 5.74) is -0.735. The van der Waals surface area contributed by atoms with Crippen molar-refractivity contribution in [2.24, 2.45) is 0 Å². The highest BCUT2D eigenvalue weighted by molar-refractivity contribution is 6.01. The molecule has 0 saturated carbocycles. The molecule has 0 radical (unpaired) electrons. The van der Waals surface area contributed by atoms with Gasteiger partial charge in [0.2, 0.25) is 0 Å². The van der Waals surface area contributed by atoms with Gasteiger partial charge >= 0.3 is 5.63 Å². The molecule has 0 amide bonds. The van der Waals surface area contributed by atoms with Crippen LogP contribution in [-0.2, 0) is 4.74 Å². The maximum atomic E-state index is 11.7. The number of hydrogen-bond donors (Lipinski definition) is 2. The molecule has 3 aromatic rings. The second-order valence-electron chi connectivity index (χ2n) is 10.0. The first-order chi connectivity index (χ1) is 19.2. The van der Waals surface area contributed by atoms with Crippen molar-refractivity contribution in [1.82, 2.24) is 0 Å². The van der Waals surface area contributed by atoms with E-state index in [0.29, 0.717) is 27.7 Å². The van der Waals surface area contributed by atoms with Crippen molar-refractivity contribution in [1.29, 1.82) is 0 Å². The average Bonchev–Trinajstić information content (AvgIpc) is 3.40. The Morgan fingerprint density at radius 3 is 2.58 bits per heavy atom. The zero-order chi connectivity index (χ0) is 29.0. The van der Waals surface area contributed by atoms with Gasteiger partial charge in [0.1, 0.15) is 41.8 Å². The zero-order valence-electron chi connectivity index (χ0n) is 23.4. The molecule has 0 unspecified atom stereocenters. The first-order valence-corrected chi connectivity index (χ1v) is 13.7. The highest BCUT2D eigenvalue weighted by Crippen LogP contribution is 2.35. The molecule has 0 aliphatic rings. The number of aliphatic hydroxyl groups is 2. The average molecular weight is 547 g/mol. The zero-order valence-corrected chi connectivity index (χ0v) is 23.4. The molecular formula is C33H38O7. The first-order valence-electron chi connectivity index (χ1n) is 13.7. The van der Waals surface area contributed by atoms with E-state index in [0.717, 1.165) is 12.8 Å². The molecule has 0 spiro atoms. The van der Waals surface area contributed by atoms with Crippen molar-refractivity contribution in [3.05, 3.63) is 65.8 Å². The Morgan fingerprint density at radius 1 is 1.05 bits per heavy atom. The van der Waals surface area contributed by atoms with Crippen LogP contribution >= 0.6 is 0 Å². The third-order valence-electron chi connectivity index (χ3n) is 6.43. The quantitative estimate of drug-likeness (QED) is 0.112. The Labute approximate surface area is 235 Å². The number of unbranched alkanes of at least 4 members (excludes halogenated alkanes) is 5. The number of allylic oxidation sites excluding steroid dienone is 1. The third kappa shape index (κ3) is 8.89. The lowest BCUT2D eigenvalue weighted by Crippen LogP contribution is -2.44. The highest BCUT2D eigenvalue weighted by Gasteiger charge is 2.32. The monoisotopic (exact) mass is 546 g/mol. The van der Waals surface area contributed by atoms with Gasteiger partial charge in [0.05, 0.1) is 22.6 Å². The van der Waals surface area contributed by atoms with E-state index < -0.39 is 29.5 Å². The van der Waals surface area contributed by atoms with E-state index in [-0.39, 0.29) is 6.61 Å². The largest absolute Gasteiger partial charge is 0.489 e. The summed E-state index contributed by atoms with van der Waals surface area (Å²) in [5, 5.41) is 22.2. The number of hydrogen-bond acceptors (Lipinski definition) is 7. The van der Waals surface area contributed by atoms with Gasteiger partial charge in [0.25, 0.3) is 0 Å². The molecular weight excluding hydrogens is 508 g/mol. The van der Waals surface area contributed by atoms with Crippen molar-refractivity contribution < 1.29 is 28.5 Å². The van der Waals surface area contributed by atoms with Crippen LogP contribution in [0.5, 0.6) is 5.75 Å². The first kappa shape index (κ1) is 30.8. The van der Waals surface area contributed by atoms with Crippen LogP contribution in [0.25, 0.3) is 21.9 Å². The highest BCUT2D eigenvalue weighted by atomic mass is 16.5. The van der Waals surface area contributed by atoms with E-state index in [1.807, 2.05) is 6.08 Å². The van der Waals surface area contributed by atoms with Gasteiger partial charge in [-0.2, -0.15) is 0 Å². The van der Waals surface area contributed by atoms with E-state index in [9.17, 15) is 15.0 Å². The van der Waals surface area contributed by atoms with Crippen LogP contribution in [0.1, 0.15) is 59.3 Å². The van der Waals surface area contributed by atoms with Crippen molar-refractivity contribution in [3.63, 3.8) is 0 Å². The minimum absolute atomic E-state index is 0.111. The smallest absolute Gasteiger partial charge is 0.336 e. The number of ether oxygens (including phenoxy) is 2. The number of aliphatic hydroxyl groups excluding tert-OH is 2. The SMILES string of the molecule is C=C[C@@H](C#CC#C[C@@H](O)/C=C\CCCCCCC)OC(C)(C)[C@H](O)COc1c2ccoc2cc2oc(=O)ccc12. The molecule has 2 N–H and O–H groups in total. The molecule has 0 saturated heterocycles. The van der Waals surface area contributed by atoms with Gasteiger partial charge in [-0.25, -0.2) is 4.79 Å². The second-order valence-corrected chi connectivity index (χ2v) is 10.0. The molecule has 2 heterocycles. The van der Waals surface area contributed by atoms with Crippen molar-refractivity contribution >= 4 is 21.9 Å². The summed E-state index contributed by atoms with van der Waals surface area (Å²) in [7, 11) is 0. The number of furan rings is 1. The predicted molar refractivity (Wildman–Crippen MR) is 157 cm³/mol. The van der Waals surface area contributed by atoms with Gasteiger partial charge in [0.15, 0.2) is 0 Å². The molecule has 3 rings (SSSR count). The van der Waals surface area contributed by atoms with Crippen LogP contribution in [0.15, 0.2) is 69.0 Å². The maximum Gasteiger partial charge on any atom is 0.336 e. The Bertz CT molecular complexity index is 1470. The summed E-state index contributed by atoms with van der Waals surface area (Å²) in [5.74, 6) is 11.3. The summed E-state index contributed by atoms with van der Waals surface area (Å²) >= 11 is 0. The van der Waals surface area contributed by atoms with Crippen LogP contribution in [-0.4, -0.2) is 40.7 Å². The fraction of sp³-hybridized carbons (Fsp3) is 0.424. The van der Waals surface area contributed by atoms with Gasteiger partial charge < -0.3 is 28.5 Å². The number of rotatable bonds is 14. The van der Waals surface area contributed by atoms with Crippen LogP contribution in [0, 0.1) is 23.7 Å². The molecule has 0 fully saturated rings. The summed E-state index contributed by atoms with van der Waals surface area (Å²) in [6.07, 6.45) is 11.0. The van der Waals surface area contributed by atoms with Gasteiger partial charge in [-0.1, -0.05) is 63.2 Å². The Balaban J connectivity index is 1.57. The molecule has 3 atom stereocenters. The summed E-state index contributed by atoms with van der Waals surface area (Å²) in [4.78, 5) is 11.7. The molecule has 1 aromatic carbocycles.